The van der Waals surface area contributed by atoms with E-state index in [9.17, 15) is 0 Å². The van der Waals surface area contributed by atoms with E-state index in [1.807, 2.05) is 11.3 Å². The molecule has 1 N–H and O–H groups in total. The van der Waals surface area contributed by atoms with Gasteiger partial charge in [-0.3, -0.25) is 4.90 Å². The lowest BCUT2D eigenvalue weighted by Gasteiger charge is -2.46. The van der Waals surface area contributed by atoms with Crippen molar-refractivity contribution in [3.05, 3.63) is 22.4 Å². The maximum Gasteiger partial charge on any atom is 0.0445 e. The van der Waals surface area contributed by atoms with Gasteiger partial charge in [-0.2, -0.15) is 0 Å². The molecule has 1 fully saturated rings. The lowest BCUT2D eigenvalue weighted by atomic mass is 9.93. The molecule has 1 saturated heterocycles. The molecule has 0 aromatic carbocycles. The molecular formula is C18H32N2S. The van der Waals surface area contributed by atoms with Crippen molar-refractivity contribution in [2.75, 3.05) is 13.1 Å². The average molecular weight is 309 g/mol. The van der Waals surface area contributed by atoms with Gasteiger partial charge in [0.15, 0.2) is 0 Å². The zero-order valence-corrected chi connectivity index (χ0v) is 15.0. The van der Waals surface area contributed by atoms with Crippen molar-refractivity contribution in [1.82, 2.24) is 10.2 Å². The van der Waals surface area contributed by atoms with Crippen LogP contribution in [0, 0.1) is 5.92 Å². The second kappa shape index (κ2) is 8.30. The van der Waals surface area contributed by atoms with Crippen LogP contribution in [0.3, 0.4) is 0 Å². The van der Waals surface area contributed by atoms with Crippen LogP contribution in [0.5, 0.6) is 0 Å². The highest BCUT2D eigenvalue weighted by molar-refractivity contribution is 7.10. The largest absolute Gasteiger partial charge is 0.311 e. The highest BCUT2D eigenvalue weighted by Crippen LogP contribution is 2.34. The minimum Gasteiger partial charge on any atom is -0.311 e. The Kier molecular flexibility index (Phi) is 6.72. The van der Waals surface area contributed by atoms with E-state index in [0.29, 0.717) is 24.0 Å². The topological polar surface area (TPSA) is 15.3 Å². The van der Waals surface area contributed by atoms with Crippen LogP contribution in [0.25, 0.3) is 0 Å². The molecule has 0 amide bonds. The summed E-state index contributed by atoms with van der Waals surface area (Å²) in [6, 6.07) is 6.49. The average Bonchev–Trinajstić information content (AvgIpc) is 2.98. The first-order valence-corrected chi connectivity index (χ1v) is 9.57. The van der Waals surface area contributed by atoms with Crippen molar-refractivity contribution in [2.45, 2.75) is 71.5 Å². The number of hydrogen-bond acceptors (Lipinski definition) is 3. The first-order chi connectivity index (χ1) is 10.2. The van der Waals surface area contributed by atoms with Crippen LogP contribution in [0.2, 0.25) is 0 Å². The quantitative estimate of drug-likeness (QED) is 0.786. The van der Waals surface area contributed by atoms with Crippen LogP contribution in [-0.4, -0.2) is 30.1 Å². The van der Waals surface area contributed by atoms with E-state index >= 15 is 0 Å². The van der Waals surface area contributed by atoms with Crippen LogP contribution < -0.4 is 5.32 Å². The van der Waals surface area contributed by atoms with E-state index in [1.165, 1.54) is 32.2 Å². The molecule has 1 aliphatic heterocycles. The molecule has 21 heavy (non-hydrogen) atoms. The Balaban J connectivity index is 2.19. The Hall–Kier alpha value is -0.380. The SMILES string of the molecule is CCCC1CN(C(CCC)c2cccs2)C(C(C)C)CN1. The molecule has 2 rings (SSSR count). The van der Waals surface area contributed by atoms with Crippen LogP contribution in [0.4, 0.5) is 0 Å². The Bertz CT molecular complexity index is 388. The summed E-state index contributed by atoms with van der Waals surface area (Å²) >= 11 is 1.93. The summed E-state index contributed by atoms with van der Waals surface area (Å²) in [6.07, 6.45) is 5.11. The third kappa shape index (κ3) is 4.30. The maximum absolute atomic E-state index is 3.79. The van der Waals surface area contributed by atoms with Gasteiger partial charge in [0.1, 0.15) is 0 Å². The number of thiophene rings is 1. The van der Waals surface area contributed by atoms with Crippen molar-refractivity contribution in [2.24, 2.45) is 5.92 Å². The molecule has 0 saturated carbocycles. The van der Waals surface area contributed by atoms with Crippen LogP contribution in [-0.2, 0) is 0 Å². The third-order valence-corrected chi connectivity index (χ3v) is 5.69. The van der Waals surface area contributed by atoms with Gasteiger partial charge in [-0.05, 0) is 30.2 Å². The van der Waals surface area contributed by atoms with Crippen molar-refractivity contribution >= 4 is 11.3 Å². The third-order valence-electron chi connectivity index (χ3n) is 4.71. The summed E-state index contributed by atoms with van der Waals surface area (Å²) in [5, 5.41) is 6.02. The van der Waals surface area contributed by atoms with Gasteiger partial charge in [0.05, 0.1) is 0 Å². The monoisotopic (exact) mass is 308 g/mol. The van der Waals surface area contributed by atoms with E-state index < -0.39 is 0 Å². The lowest BCUT2D eigenvalue weighted by molar-refractivity contribution is 0.0500. The Labute approximate surface area is 134 Å². The number of rotatable bonds is 7. The van der Waals surface area contributed by atoms with E-state index in [-0.39, 0.29) is 0 Å². The highest BCUT2D eigenvalue weighted by Gasteiger charge is 2.34. The van der Waals surface area contributed by atoms with E-state index in [1.54, 1.807) is 4.88 Å². The minimum absolute atomic E-state index is 0.615. The molecule has 0 bridgehead atoms. The van der Waals surface area contributed by atoms with E-state index in [2.05, 4.69) is 55.4 Å². The fourth-order valence-electron chi connectivity index (χ4n) is 3.60. The van der Waals surface area contributed by atoms with Gasteiger partial charge < -0.3 is 5.32 Å². The molecule has 3 atom stereocenters. The summed E-state index contributed by atoms with van der Waals surface area (Å²) in [5.41, 5.74) is 0. The highest BCUT2D eigenvalue weighted by atomic mass is 32.1. The van der Waals surface area contributed by atoms with Gasteiger partial charge >= 0.3 is 0 Å². The van der Waals surface area contributed by atoms with Gasteiger partial charge in [-0.25, -0.2) is 0 Å². The van der Waals surface area contributed by atoms with Crippen LogP contribution in [0.1, 0.15) is 64.3 Å². The molecule has 1 aromatic heterocycles. The van der Waals surface area contributed by atoms with Crippen LogP contribution in [0.15, 0.2) is 17.5 Å². The smallest absolute Gasteiger partial charge is 0.0445 e. The standard InChI is InChI=1S/C18H32N2S/c1-5-8-15-13-20(17(12-19-15)14(3)4)16(9-6-2)18-10-7-11-21-18/h7,10-11,14-17,19H,5-6,8-9,12-13H2,1-4H3. The van der Waals surface area contributed by atoms with Gasteiger partial charge in [-0.1, -0.05) is 46.6 Å². The summed E-state index contributed by atoms with van der Waals surface area (Å²) in [6.45, 7) is 11.7. The summed E-state index contributed by atoms with van der Waals surface area (Å²) in [5.74, 6) is 0.708. The predicted octanol–water partition coefficient (Wildman–Crippen LogP) is 4.69. The zero-order chi connectivity index (χ0) is 15.2. The first-order valence-electron chi connectivity index (χ1n) is 8.69. The lowest BCUT2D eigenvalue weighted by Crippen LogP contribution is -2.58. The summed E-state index contributed by atoms with van der Waals surface area (Å²) in [4.78, 5) is 4.37. The summed E-state index contributed by atoms with van der Waals surface area (Å²) in [7, 11) is 0. The van der Waals surface area contributed by atoms with Gasteiger partial charge in [0, 0.05) is 36.1 Å². The van der Waals surface area contributed by atoms with E-state index in [4.69, 9.17) is 0 Å². The number of piperazine rings is 1. The molecule has 0 spiro atoms. The first kappa shape index (κ1) is 17.0. The number of nitrogens with zero attached hydrogens (tertiary/aromatic N) is 1. The Morgan fingerprint density at radius 3 is 2.71 bits per heavy atom. The van der Waals surface area contributed by atoms with Crippen molar-refractivity contribution in [3.63, 3.8) is 0 Å². The van der Waals surface area contributed by atoms with E-state index in [0.717, 1.165) is 6.54 Å². The summed E-state index contributed by atoms with van der Waals surface area (Å²) < 4.78 is 0. The molecule has 1 aromatic rings. The predicted molar refractivity (Wildman–Crippen MR) is 94.0 cm³/mol. The fraction of sp³-hybridized carbons (Fsp3) is 0.778. The molecule has 2 heterocycles. The molecular weight excluding hydrogens is 276 g/mol. The maximum atomic E-state index is 3.79. The fourth-order valence-corrected chi connectivity index (χ4v) is 4.49. The molecule has 3 unspecified atom stereocenters. The Morgan fingerprint density at radius 2 is 2.14 bits per heavy atom. The molecule has 0 aliphatic carbocycles. The molecule has 2 nitrogen and oxygen atoms in total. The zero-order valence-electron chi connectivity index (χ0n) is 14.1. The molecule has 1 aliphatic rings. The number of nitrogens with one attached hydrogen (secondary N) is 1. The molecule has 0 radical (unpaired) electrons. The molecule has 120 valence electrons. The van der Waals surface area contributed by atoms with Gasteiger partial charge in [0.2, 0.25) is 0 Å². The van der Waals surface area contributed by atoms with Crippen molar-refractivity contribution in [1.29, 1.82) is 0 Å². The Morgan fingerprint density at radius 1 is 1.33 bits per heavy atom. The number of hydrogen-bond donors (Lipinski definition) is 1. The second-order valence-corrected chi connectivity index (χ2v) is 7.70. The van der Waals surface area contributed by atoms with Crippen molar-refractivity contribution < 1.29 is 0 Å². The minimum atomic E-state index is 0.615. The second-order valence-electron chi connectivity index (χ2n) is 6.72. The van der Waals surface area contributed by atoms with Crippen molar-refractivity contribution in [3.8, 4) is 0 Å². The van der Waals surface area contributed by atoms with Gasteiger partial charge in [-0.15, -0.1) is 11.3 Å². The normalized spacial score (nSPS) is 25.4. The van der Waals surface area contributed by atoms with Gasteiger partial charge in [0.25, 0.3) is 0 Å². The molecule has 3 heteroatoms. The van der Waals surface area contributed by atoms with Crippen LogP contribution >= 0.6 is 11.3 Å².